The Hall–Kier alpha value is -1.06. The van der Waals surface area contributed by atoms with E-state index in [1.54, 1.807) is 0 Å². The lowest BCUT2D eigenvalue weighted by Crippen LogP contribution is -2.59. The summed E-state index contributed by atoms with van der Waals surface area (Å²) in [4.78, 5) is 21.2. The molecule has 12 heavy (non-hydrogen) atoms. The Morgan fingerprint density at radius 1 is 0.917 bits per heavy atom. The lowest BCUT2D eigenvalue weighted by Gasteiger charge is -2.55. The summed E-state index contributed by atoms with van der Waals surface area (Å²) in [5.74, 6) is -2.79. The van der Waals surface area contributed by atoms with Gasteiger partial charge in [-0.05, 0) is 24.7 Å². The molecule has 0 aromatic carbocycles. The average Bonchev–Trinajstić information content (AvgIpc) is 1.91. The van der Waals surface area contributed by atoms with Crippen LogP contribution in [0.25, 0.3) is 0 Å². The van der Waals surface area contributed by atoms with Crippen molar-refractivity contribution in [3.05, 3.63) is 0 Å². The fraction of sp³-hybridized carbons (Fsp3) is 0.750. The van der Waals surface area contributed by atoms with Crippen LogP contribution < -0.4 is 0 Å². The van der Waals surface area contributed by atoms with Crippen LogP contribution in [0.1, 0.15) is 12.8 Å². The molecule has 4 atom stereocenters. The van der Waals surface area contributed by atoms with Gasteiger partial charge in [-0.2, -0.15) is 0 Å². The highest BCUT2D eigenvalue weighted by Crippen LogP contribution is 2.58. The molecule has 0 amide bonds. The van der Waals surface area contributed by atoms with E-state index in [0.717, 1.165) is 12.8 Å². The van der Waals surface area contributed by atoms with Crippen molar-refractivity contribution in [3.63, 3.8) is 0 Å². The first-order valence-corrected chi connectivity index (χ1v) is 4.08. The maximum Gasteiger partial charge on any atom is 0.307 e. The molecule has 2 saturated carbocycles. The molecular weight excluding hydrogens is 160 g/mol. The number of carboxylic acids is 2. The average molecular weight is 170 g/mol. The molecule has 2 aliphatic rings. The van der Waals surface area contributed by atoms with Crippen LogP contribution in [-0.2, 0) is 9.59 Å². The summed E-state index contributed by atoms with van der Waals surface area (Å²) in [7, 11) is 0. The largest absolute Gasteiger partial charge is 0.481 e. The summed E-state index contributed by atoms with van der Waals surface area (Å²) in [6.07, 6.45) is 1.79. The Morgan fingerprint density at radius 3 is 1.42 bits per heavy atom. The van der Waals surface area contributed by atoms with Crippen molar-refractivity contribution in [2.24, 2.45) is 23.7 Å². The molecule has 0 heterocycles. The molecule has 0 aromatic rings. The Kier molecular flexibility index (Phi) is 1.40. The zero-order valence-corrected chi connectivity index (χ0v) is 6.43. The second-order valence-corrected chi connectivity index (χ2v) is 3.63. The molecule has 4 heteroatoms. The van der Waals surface area contributed by atoms with E-state index in [4.69, 9.17) is 10.2 Å². The normalized spacial score (nSPS) is 43.7. The van der Waals surface area contributed by atoms with Crippen LogP contribution in [0.15, 0.2) is 0 Å². The first kappa shape index (κ1) is 7.58. The quantitative estimate of drug-likeness (QED) is 0.630. The molecule has 0 unspecified atom stereocenters. The molecule has 0 aromatic heterocycles. The van der Waals surface area contributed by atoms with Crippen molar-refractivity contribution in [1.29, 1.82) is 0 Å². The van der Waals surface area contributed by atoms with Gasteiger partial charge < -0.3 is 10.2 Å². The van der Waals surface area contributed by atoms with E-state index in [2.05, 4.69) is 0 Å². The van der Waals surface area contributed by atoms with Crippen LogP contribution in [-0.4, -0.2) is 22.2 Å². The van der Waals surface area contributed by atoms with Crippen molar-refractivity contribution >= 4 is 11.9 Å². The second kappa shape index (κ2) is 2.21. The molecular formula is C8H10O4. The minimum atomic E-state index is -0.941. The molecule has 2 rings (SSSR count). The van der Waals surface area contributed by atoms with Gasteiger partial charge in [-0.1, -0.05) is 0 Å². The number of hydrogen-bond acceptors (Lipinski definition) is 2. The second-order valence-electron chi connectivity index (χ2n) is 3.63. The Balaban J connectivity index is 2.12. The van der Waals surface area contributed by atoms with Crippen molar-refractivity contribution in [3.8, 4) is 0 Å². The fourth-order valence-electron chi connectivity index (χ4n) is 2.50. The molecule has 0 bridgehead atoms. The molecule has 0 aliphatic heterocycles. The maximum atomic E-state index is 10.6. The lowest BCUT2D eigenvalue weighted by atomic mass is 9.47. The van der Waals surface area contributed by atoms with Crippen LogP contribution in [0.4, 0.5) is 0 Å². The third kappa shape index (κ3) is 0.722. The molecule has 0 radical (unpaired) electrons. The SMILES string of the molecule is O=C(O)[C@@H]1[C@H]2CC[C@H]2[C@@H]1C(=O)O. The van der Waals surface area contributed by atoms with Gasteiger partial charge in [0.2, 0.25) is 0 Å². The van der Waals surface area contributed by atoms with Gasteiger partial charge in [0.1, 0.15) is 0 Å². The first-order valence-electron chi connectivity index (χ1n) is 4.08. The van der Waals surface area contributed by atoms with Crippen LogP contribution >= 0.6 is 0 Å². The molecule has 4 nitrogen and oxygen atoms in total. The predicted octanol–water partition coefficient (Wildman–Crippen LogP) is 0.428. The summed E-state index contributed by atoms with van der Waals surface area (Å²) in [6.45, 7) is 0. The van der Waals surface area contributed by atoms with E-state index in [1.165, 1.54) is 0 Å². The number of rotatable bonds is 2. The molecule has 2 N–H and O–H groups in total. The lowest BCUT2D eigenvalue weighted by molar-refractivity contribution is -0.187. The Labute approximate surface area is 69.2 Å². The minimum Gasteiger partial charge on any atom is -0.481 e. The summed E-state index contributed by atoms with van der Waals surface area (Å²) in [5.41, 5.74) is 0. The van der Waals surface area contributed by atoms with E-state index in [0.29, 0.717) is 0 Å². The monoisotopic (exact) mass is 170 g/mol. The fourth-order valence-corrected chi connectivity index (χ4v) is 2.50. The van der Waals surface area contributed by atoms with Gasteiger partial charge in [-0.3, -0.25) is 9.59 Å². The van der Waals surface area contributed by atoms with Crippen LogP contribution in [0.5, 0.6) is 0 Å². The summed E-state index contributed by atoms with van der Waals surface area (Å²) in [5, 5.41) is 17.4. The van der Waals surface area contributed by atoms with E-state index < -0.39 is 23.8 Å². The van der Waals surface area contributed by atoms with Crippen molar-refractivity contribution in [2.45, 2.75) is 12.8 Å². The predicted molar refractivity (Wildman–Crippen MR) is 38.5 cm³/mol. The van der Waals surface area contributed by atoms with E-state index in [1.807, 2.05) is 0 Å². The molecule has 0 saturated heterocycles. The number of fused-ring (bicyclic) bond motifs is 1. The van der Waals surface area contributed by atoms with E-state index in [-0.39, 0.29) is 11.8 Å². The number of hydrogen-bond donors (Lipinski definition) is 2. The number of carboxylic acid groups (broad SMARTS) is 2. The number of aliphatic carboxylic acids is 2. The zero-order valence-electron chi connectivity index (χ0n) is 6.43. The van der Waals surface area contributed by atoms with E-state index >= 15 is 0 Å². The van der Waals surface area contributed by atoms with Crippen molar-refractivity contribution in [1.82, 2.24) is 0 Å². The summed E-state index contributed by atoms with van der Waals surface area (Å²) < 4.78 is 0. The van der Waals surface area contributed by atoms with Crippen LogP contribution in [0.3, 0.4) is 0 Å². The minimum absolute atomic E-state index is 0.156. The van der Waals surface area contributed by atoms with Gasteiger partial charge in [-0.25, -0.2) is 0 Å². The van der Waals surface area contributed by atoms with Gasteiger partial charge in [0.25, 0.3) is 0 Å². The van der Waals surface area contributed by atoms with Crippen LogP contribution in [0.2, 0.25) is 0 Å². The van der Waals surface area contributed by atoms with Gasteiger partial charge >= 0.3 is 11.9 Å². The Morgan fingerprint density at radius 2 is 1.25 bits per heavy atom. The van der Waals surface area contributed by atoms with Gasteiger partial charge in [-0.15, -0.1) is 0 Å². The van der Waals surface area contributed by atoms with Gasteiger partial charge in [0.15, 0.2) is 0 Å². The topological polar surface area (TPSA) is 74.6 Å². The van der Waals surface area contributed by atoms with Crippen molar-refractivity contribution < 1.29 is 19.8 Å². The first-order chi connectivity index (χ1) is 5.63. The van der Waals surface area contributed by atoms with Gasteiger partial charge in [0, 0.05) is 0 Å². The highest BCUT2D eigenvalue weighted by atomic mass is 16.4. The highest BCUT2D eigenvalue weighted by molar-refractivity contribution is 5.83. The standard InChI is InChI=1S/C8H10O4/c9-7(10)5-3-1-2-4(3)6(5)8(11)12/h3-6H,1-2H2,(H,9,10)(H,11,12)/t3-,4+,5+,6-. The molecule has 66 valence electrons. The zero-order chi connectivity index (χ0) is 8.88. The van der Waals surface area contributed by atoms with Crippen LogP contribution in [0, 0.1) is 23.7 Å². The third-order valence-electron chi connectivity index (χ3n) is 3.26. The van der Waals surface area contributed by atoms with Gasteiger partial charge in [0.05, 0.1) is 11.8 Å². The molecule has 2 fully saturated rings. The van der Waals surface area contributed by atoms with Crippen molar-refractivity contribution in [2.75, 3.05) is 0 Å². The smallest absolute Gasteiger partial charge is 0.307 e. The Bertz CT molecular complexity index is 221. The third-order valence-corrected chi connectivity index (χ3v) is 3.26. The summed E-state index contributed by atoms with van der Waals surface area (Å²) in [6, 6.07) is 0. The molecule has 0 spiro atoms. The molecule has 2 aliphatic carbocycles. The summed E-state index contributed by atoms with van der Waals surface area (Å²) >= 11 is 0. The maximum absolute atomic E-state index is 10.6. The van der Waals surface area contributed by atoms with E-state index in [9.17, 15) is 9.59 Å². The highest BCUT2D eigenvalue weighted by Gasteiger charge is 2.61. The number of carbonyl (C=O) groups is 2.